The predicted molar refractivity (Wildman–Crippen MR) is 118 cm³/mol. The van der Waals surface area contributed by atoms with Crippen molar-refractivity contribution in [3.63, 3.8) is 0 Å². The normalized spacial score (nSPS) is 17.3. The number of piperazine rings is 1. The number of hydrogen-bond acceptors (Lipinski definition) is 5. The summed E-state index contributed by atoms with van der Waals surface area (Å²) in [5.41, 5.74) is 9.53. The molecule has 0 atom stereocenters. The minimum absolute atomic E-state index is 0.110. The molecule has 2 aromatic rings. The molecule has 4 rings (SSSR count). The van der Waals surface area contributed by atoms with Crippen LogP contribution in [-0.2, 0) is 0 Å². The highest BCUT2D eigenvalue weighted by Crippen LogP contribution is 2.31. The van der Waals surface area contributed by atoms with Crippen LogP contribution in [0.25, 0.3) is 0 Å². The van der Waals surface area contributed by atoms with E-state index in [-0.39, 0.29) is 5.91 Å². The molecule has 2 saturated heterocycles. The summed E-state index contributed by atoms with van der Waals surface area (Å²) in [6, 6.07) is 13.9. The van der Waals surface area contributed by atoms with E-state index in [2.05, 4.69) is 15.9 Å². The van der Waals surface area contributed by atoms with Crippen molar-refractivity contribution in [2.45, 2.75) is 19.3 Å². The molecule has 2 aliphatic heterocycles. The third-order valence-corrected chi connectivity index (χ3v) is 5.94. The number of carbonyl (C=O) groups is 1. The zero-order chi connectivity index (χ0) is 20.2. The zero-order valence-electron chi connectivity index (χ0n) is 17.1. The summed E-state index contributed by atoms with van der Waals surface area (Å²) in [5.74, 6) is 1.01. The fourth-order valence-corrected chi connectivity index (χ4v) is 4.35. The first-order chi connectivity index (χ1) is 14.2. The Balaban J connectivity index is 1.52. The van der Waals surface area contributed by atoms with Crippen LogP contribution in [0, 0.1) is 0 Å². The second kappa shape index (κ2) is 8.64. The number of ether oxygens (including phenoxy) is 1. The Labute approximate surface area is 172 Å². The summed E-state index contributed by atoms with van der Waals surface area (Å²) in [4.78, 5) is 19.8. The van der Waals surface area contributed by atoms with Crippen molar-refractivity contribution in [3.05, 3.63) is 48.0 Å². The average Bonchev–Trinajstić information content (AvgIpc) is 2.79. The maximum atomic E-state index is 13.2. The first-order valence-electron chi connectivity index (χ1n) is 10.5. The van der Waals surface area contributed by atoms with Crippen molar-refractivity contribution >= 4 is 23.0 Å². The van der Waals surface area contributed by atoms with E-state index >= 15 is 0 Å². The number of hydrogen-bond donors (Lipinski definition) is 1. The van der Waals surface area contributed by atoms with Gasteiger partial charge in [-0.1, -0.05) is 12.1 Å². The van der Waals surface area contributed by atoms with Gasteiger partial charge in [-0.3, -0.25) is 4.79 Å². The lowest BCUT2D eigenvalue weighted by atomic mass is 10.1. The number of anilines is 3. The summed E-state index contributed by atoms with van der Waals surface area (Å²) in [7, 11) is 1.71. The Kier molecular flexibility index (Phi) is 5.79. The third-order valence-electron chi connectivity index (χ3n) is 5.94. The summed E-state index contributed by atoms with van der Waals surface area (Å²) >= 11 is 0. The van der Waals surface area contributed by atoms with Crippen LogP contribution in [0.2, 0.25) is 0 Å². The van der Waals surface area contributed by atoms with Gasteiger partial charge in [0.1, 0.15) is 5.75 Å². The van der Waals surface area contributed by atoms with Crippen LogP contribution in [0.4, 0.5) is 17.1 Å². The fraction of sp³-hybridized carbons (Fsp3) is 0.435. The van der Waals surface area contributed by atoms with Gasteiger partial charge in [0.2, 0.25) is 0 Å². The number of amides is 1. The standard InChI is InChI=1S/C23H30N4O2/c1-29-22-8-4-3-7-21(22)26-15-13-25(14-16-26)20-10-9-18(24)17-19(20)23(28)27-11-5-2-6-12-27/h3-4,7-10,17H,2,5-6,11-16,24H2,1H3. The largest absolute Gasteiger partial charge is 0.495 e. The molecule has 2 heterocycles. The van der Waals surface area contributed by atoms with Crippen LogP contribution in [0.3, 0.4) is 0 Å². The lowest BCUT2D eigenvalue weighted by Crippen LogP contribution is -2.47. The van der Waals surface area contributed by atoms with Gasteiger partial charge in [0.25, 0.3) is 5.91 Å². The van der Waals surface area contributed by atoms with Gasteiger partial charge in [-0.25, -0.2) is 0 Å². The molecule has 0 unspecified atom stereocenters. The van der Waals surface area contributed by atoms with Gasteiger partial charge >= 0.3 is 0 Å². The molecule has 2 N–H and O–H groups in total. The van der Waals surface area contributed by atoms with Crippen molar-refractivity contribution in [1.82, 2.24) is 4.90 Å². The Morgan fingerprint density at radius 1 is 0.862 bits per heavy atom. The molecule has 0 radical (unpaired) electrons. The molecule has 29 heavy (non-hydrogen) atoms. The molecule has 0 aliphatic carbocycles. The fourth-order valence-electron chi connectivity index (χ4n) is 4.35. The van der Waals surface area contributed by atoms with Crippen molar-refractivity contribution < 1.29 is 9.53 Å². The van der Waals surface area contributed by atoms with Gasteiger partial charge in [0.15, 0.2) is 0 Å². The topological polar surface area (TPSA) is 62.0 Å². The highest BCUT2D eigenvalue weighted by atomic mass is 16.5. The van der Waals surface area contributed by atoms with Crippen molar-refractivity contribution in [3.8, 4) is 5.75 Å². The van der Waals surface area contributed by atoms with E-state index in [1.165, 1.54) is 6.42 Å². The molecule has 0 saturated carbocycles. The molecule has 6 heteroatoms. The lowest BCUT2D eigenvalue weighted by molar-refractivity contribution is 0.0725. The summed E-state index contributed by atoms with van der Waals surface area (Å²) in [5, 5.41) is 0. The van der Waals surface area contributed by atoms with Crippen LogP contribution in [0.1, 0.15) is 29.6 Å². The van der Waals surface area contributed by atoms with E-state index in [1.54, 1.807) is 7.11 Å². The molecule has 2 aromatic carbocycles. The predicted octanol–water partition coefficient (Wildman–Crippen LogP) is 3.23. The number of likely N-dealkylation sites (tertiary alicyclic amines) is 1. The molecule has 0 spiro atoms. The van der Waals surface area contributed by atoms with Crippen molar-refractivity contribution in [2.24, 2.45) is 0 Å². The van der Waals surface area contributed by atoms with E-state index in [4.69, 9.17) is 10.5 Å². The smallest absolute Gasteiger partial charge is 0.256 e. The summed E-state index contributed by atoms with van der Waals surface area (Å²) in [6.45, 7) is 5.14. The Morgan fingerprint density at radius 3 is 2.21 bits per heavy atom. The van der Waals surface area contributed by atoms with Crippen molar-refractivity contribution in [1.29, 1.82) is 0 Å². The van der Waals surface area contributed by atoms with Crippen LogP contribution in [0.15, 0.2) is 42.5 Å². The highest BCUT2D eigenvalue weighted by molar-refractivity contribution is 6.00. The number of nitrogens with two attached hydrogens (primary N) is 1. The van der Waals surface area contributed by atoms with Crippen LogP contribution < -0.4 is 20.3 Å². The molecule has 2 aliphatic rings. The summed E-state index contributed by atoms with van der Waals surface area (Å²) in [6.07, 6.45) is 3.38. The first kappa shape index (κ1) is 19.4. The Morgan fingerprint density at radius 2 is 1.52 bits per heavy atom. The van der Waals surface area contributed by atoms with Gasteiger partial charge in [-0.2, -0.15) is 0 Å². The van der Waals surface area contributed by atoms with E-state index in [9.17, 15) is 4.79 Å². The second-order valence-corrected chi connectivity index (χ2v) is 7.78. The molecular weight excluding hydrogens is 364 g/mol. The first-order valence-corrected chi connectivity index (χ1v) is 10.5. The Hall–Kier alpha value is -2.89. The Bertz CT molecular complexity index is 856. The number of methoxy groups -OCH3 is 1. The monoisotopic (exact) mass is 394 g/mol. The van der Waals surface area contributed by atoms with Crippen LogP contribution in [0.5, 0.6) is 5.75 Å². The number of benzene rings is 2. The van der Waals surface area contributed by atoms with Gasteiger partial charge in [0.05, 0.1) is 18.4 Å². The molecule has 0 bridgehead atoms. The maximum Gasteiger partial charge on any atom is 0.256 e. The average molecular weight is 395 g/mol. The maximum absolute atomic E-state index is 13.2. The van der Waals surface area contributed by atoms with E-state index in [1.807, 2.05) is 41.3 Å². The molecule has 2 fully saturated rings. The molecule has 6 nitrogen and oxygen atoms in total. The van der Waals surface area contributed by atoms with Gasteiger partial charge in [-0.15, -0.1) is 0 Å². The molecular formula is C23H30N4O2. The van der Waals surface area contributed by atoms with Crippen LogP contribution in [-0.4, -0.2) is 57.2 Å². The quantitative estimate of drug-likeness (QED) is 0.807. The summed E-state index contributed by atoms with van der Waals surface area (Å²) < 4.78 is 5.52. The van der Waals surface area contributed by atoms with Crippen LogP contribution >= 0.6 is 0 Å². The van der Waals surface area contributed by atoms with Gasteiger partial charge < -0.3 is 25.2 Å². The number of nitrogens with zero attached hydrogens (tertiary/aromatic N) is 3. The lowest BCUT2D eigenvalue weighted by Gasteiger charge is -2.39. The minimum Gasteiger partial charge on any atom is -0.495 e. The number of para-hydroxylation sites is 2. The minimum atomic E-state index is 0.110. The zero-order valence-corrected chi connectivity index (χ0v) is 17.1. The highest BCUT2D eigenvalue weighted by Gasteiger charge is 2.26. The van der Waals surface area contributed by atoms with Crippen molar-refractivity contribution in [2.75, 3.05) is 61.9 Å². The van der Waals surface area contributed by atoms with E-state index in [0.29, 0.717) is 5.69 Å². The number of carbonyl (C=O) groups excluding carboxylic acids is 1. The van der Waals surface area contributed by atoms with Gasteiger partial charge in [0, 0.05) is 50.6 Å². The SMILES string of the molecule is COc1ccccc1N1CCN(c2ccc(N)cc2C(=O)N2CCCCC2)CC1. The third kappa shape index (κ3) is 4.11. The second-order valence-electron chi connectivity index (χ2n) is 7.78. The number of nitrogen functional groups attached to an aromatic ring is 1. The molecule has 1 amide bonds. The molecule has 0 aromatic heterocycles. The molecule has 154 valence electrons. The van der Waals surface area contributed by atoms with Gasteiger partial charge in [-0.05, 0) is 49.6 Å². The number of piperidine rings is 1. The number of rotatable bonds is 4. The van der Waals surface area contributed by atoms with E-state index in [0.717, 1.165) is 74.8 Å². The van der Waals surface area contributed by atoms with E-state index < -0.39 is 0 Å².